The molecule has 2 rings (SSSR count). The smallest absolute Gasteiger partial charge is 0.0528 e. The molecule has 0 unspecified atom stereocenters. The van der Waals surface area contributed by atoms with Crippen molar-refractivity contribution in [1.82, 2.24) is 9.80 Å². The van der Waals surface area contributed by atoms with E-state index in [0.717, 1.165) is 13.1 Å². The fourth-order valence-corrected chi connectivity index (χ4v) is 5.87. The molecule has 0 spiro atoms. The largest absolute Gasteiger partial charge is 0.308 e. The molecule has 0 N–H and O–H groups in total. The standard InChI is InChI=1S/C20H28N2S2/c1-21(2)15-19(17-11-7-5-8-12-17)23-24-20(16-22(3)4)18-13-9-6-10-14-18/h5-14,19-20H,15-16H2,1-4H3/t19-,20-/m0/s1. The maximum absolute atomic E-state index is 2.27. The van der Waals surface area contributed by atoms with Crippen LogP contribution in [0.5, 0.6) is 0 Å². The first-order valence-corrected chi connectivity index (χ1v) is 10.6. The average Bonchev–Trinajstić information content (AvgIpc) is 2.58. The topological polar surface area (TPSA) is 6.48 Å². The van der Waals surface area contributed by atoms with Crippen molar-refractivity contribution in [3.8, 4) is 0 Å². The Kier molecular flexibility index (Phi) is 8.19. The number of hydrogen-bond donors (Lipinski definition) is 0. The van der Waals surface area contributed by atoms with Gasteiger partial charge >= 0.3 is 0 Å². The Hall–Kier alpha value is -0.940. The van der Waals surface area contributed by atoms with Gasteiger partial charge in [0.25, 0.3) is 0 Å². The fraction of sp³-hybridized carbons (Fsp3) is 0.400. The van der Waals surface area contributed by atoms with Gasteiger partial charge in [-0.05, 0) is 39.3 Å². The van der Waals surface area contributed by atoms with Crippen LogP contribution in [0.25, 0.3) is 0 Å². The van der Waals surface area contributed by atoms with Crippen LogP contribution >= 0.6 is 21.6 Å². The second-order valence-electron chi connectivity index (χ2n) is 6.52. The summed E-state index contributed by atoms with van der Waals surface area (Å²) in [5, 5.41) is 0.944. The van der Waals surface area contributed by atoms with E-state index in [9.17, 15) is 0 Å². The van der Waals surface area contributed by atoms with E-state index in [2.05, 4.69) is 98.7 Å². The molecule has 2 aromatic carbocycles. The van der Waals surface area contributed by atoms with Gasteiger partial charge in [-0.25, -0.2) is 0 Å². The average molecular weight is 361 g/mol. The molecule has 24 heavy (non-hydrogen) atoms. The predicted molar refractivity (Wildman–Crippen MR) is 111 cm³/mol. The Morgan fingerprint density at radius 3 is 1.25 bits per heavy atom. The highest BCUT2D eigenvalue weighted by Gasteiger charge is 2.19. The van der Waals surface area contributed by atoms with E-state index in [4.69, 9.17) is 0 Å². The van der Waals surface area contributed by atoms with Crippen molar-refractivity contribution in [3.63, 3.8) is 0 Å². The lowest BCUT2D eigenvalue weighted by molar-refractivity contribution is 0.409. The predicted octanol–water partition coefficient (Wildman–Crippen LogP) is 4.97. The zero-order valence-electron chi connectivity index (χ0n) is 15.1. The molecule has 2 aromatic rings. The van der Waals surface area contributed by atoms with Gasteiger partial charge in [0.2, 0.25) is 0 Å². The van der Waals surface area contributed by atoms with E-state index in [1.807, 2.05) is 21.6 Å². The molecule has 2 atom stereocenters. The molecule has 0 aliphatic carbocycles. The summed E-state index contributed by atoms with van der Waals surface area (Å²) in [4.78, 5) is 4.55. The Morgan fingerprint density at radius 1 is 0.625 bits per heavy atom. The van der Waals surface area contributed by atoms with Gasteiger partial charge in [-0.3, -0.25) is 0 Å². The summed E-state index contributed by atoms with van der Waals surface area (Å²) < 4.78 is 0. The van der Waals surface area contributed by atoms with Crippen LogP contribution in [-0.2, 0) is 0 Å². The fourth-order valence-electron chi connectivity index (χ4n) is 2.52. The van der Waals surface area contributed by atoms with Gasteiger partial charge in [0.05, 0.1) is 10.5 Å². The summed E-state index contributed by atoms with van der Waals surface area (Å²) >= 11 is 0. The SMILES string of the molecule is CN(C)C[C@H](SS[C@@H](CN(C)C)c1ccccc1)c1ccccc1. The van der Waals surface area contributed by atoms with Gasteiger partial charge in [-0.2, -0.15) is 0 Å². The Balaban J connectivity index is 2.09. The molecule has 0 fully saturated rings. The highest BCUT2D eigenvalue weighted by atomic mass is 33.1. The molecule has 0 amide bonds. The lowest BCUT2D eigenvalue weighted by Gasteiger charge is -2.25. The number of benzene rings is 2. The van der Waals surface area contributed by atoms with E-state index < -0.39 is 0 Å². The maximum Gasteiger partial charge on any atom is 0.0528 e. The van der Waals surface area contributed by atoms with Crippen molar-refractivity contribution < 1.29 is 0 Å². The molecule has 0 aliphatic rings. The van der Waals surface area contributed by atoms with E-state index in [1.165, 1.54) is 11.1 Å². The van der Waals surface area contributed by atoms with Crippen LogP contribution in [0.4, 0.5) is 0 Å². The summed E-state index contributed by atoms with van der Waals surface area (Å²) in [5.41, 5.74) is 2.81. The van der Waals surface area contributed by atoms with Crippen molar-refractivity contribution in [2.75, 3.05) is 41.3 Å². The quantitative estimate of drug-likeness (QED) is 0.582. The normalized spacial score (nSPS) is 14.1. The van der Waals surface area contributed by atoms with Gasteiger partial charge in [-0.15, -0.1) is 0 Å². The molecule has 0 aliphatic heterocycles. The summed E-state index contributed by atoms with van der Waals surface area (Å²) in [5.74, 6) is 0. The van der Waals surface area contributed by atoms with Crippen LogP contribution < -0.4 is 0 Å². The van der Waals surface area contributed by atoms with Crippen LogP contribution in [0.15, 0.2) is 60.7 Å². The molecular weight excluding hydrogens is 332 g/mol. The molecular formula is C20H28N2S2. The van der Waals surface area contributed by atoms with Crippen LogP contribution in [0.1, 0.15) is 21.6 Å². The van der Waals surface area contributed by atoms with E-state index >= 15 is 0 Å². The number of rotatable bonds is 9. The van der Waals surface area contributed by atoms with Crippen LogP contribution in [0, 0.1) is 0 Å². The molecule has 4 heteroatoms. The summed E-state index contributed by atoms with van der Waals surface area (Å²) in [6.45, 7) is 2.09. The van der Waals surface area contributed by atoms with Crippen molar-refractivity contribution in [2.45, 2.75) is 10.5 Å². The first-order chi connectivity index (χ1) is 11.6. The lowest BCUT2D eigenvalue weighted by Crippen LogP contribution is -2.20. The zero-order chi connectivity index (χ0) is 17.4. The molecule has 0 bridgehead atoms. The summed E-state index contributed by atoms with van der Waals surface area (Å²) in [7, 11) is 12.6. The Labute approximate surface area is 155 Å². The second kappa shape index (κ2) is 10.1. The Morgan fingerprint density at radius 2 is 0.958 bits per heavy atom. The lowest BCUT2D eigenvalue weighted by atomic mass is 10.1. The molecule has 0 heterocycles. The molecule has 130 valence electrons. The van der Waals surface area contributed by atoms with Crippen LogP contribution in [0.2, 0.25) is 0 Å². The van der Waals surface area contributed by atoms with Crippen LogP contribution in [0.3, 0.4) is 0 Å². The van der Waals surface area contributed by atoms with Gasteiger partial charge in [0.1, 0.15) is 0 Å². The van der Waals surface area contributed by atoms with Crippen molar-refractivity contribution >= 4 is 21.6 Å². The minimum absolute atomic E-state index is 0.472. The second-order valence-corrected chi connectivity index (χ2v) is 9.19. The van der Waals surface area contributed by atoms with Crippen molar-refractivity contribution in [1.29, 1.82) is 0 Å². The first kappa shape index (κ1) is 19.4. The van der Waals surface area contributed by atoms with E-state index in [-0.39, 0.29) is 0 Å². The molecule has 0 saturated heterocycles. The maximum atomic E-state index is 2.27. The van der Waals surface area contributed by atoms with Gasteiger partial charge in [-0.1, -0.05) is 82.3 Å². The third-order valence-electron chi connectivity index (χ3n) is 3.69. The summed E-state index contributed by atoms with van der Waals surface area (Å²) in [6, 6.07) is 21.7. The number of likely N-dealkylation sites (N-methyl/N-ethyl adjacent to an activating group) is 2. The number of hydrogen-bond acceptors (Lipinski definition) is 4. The van der Waals surface area contributed by atoms with Crippen LogP contribution in [-0.4, -0.2) is 51.1 Å². The Bertz CT molecular complexity index is 519. The molecule has 0 aromatic heterocycles. The highest BCUT2D eigenvalue weighted by molar-refractivity contribution is 8.76. The molecule has 0 radical (unpaired) electrons. The minimum atomic E-state index is 0.472. The summed E-state index contributed by atoms with van der Waals surface area (Å²) in [6.07, 6.45) is 0. The third-order valence-corrected chi connectivity index (χ3v) is 6.84. The first-order valence-electron chi connectivity index (χ1n) is 8.27. The zero-order valence-corrected chi connectivity index (χ0v) is 16.7. The number of nitrogens with zero attached hydrogens (tertiary/aromatic N) is 2. The van der Waals surface area contributed by atoms with Crippen molar-refractivity contribution in [3.05, 3.63) is 71.8 Å². The third kappa shape index (κ3) is 6.52. The monoisotopic (exact) mass is 360 g/mol. The molecule has 2 nitrogen and oxygen atoms in total. The minimum Gasteiger partial charge on any atom is -0.308 e. The highest BCUT2D eigenvalue weighted by Crippen LogP contribution is 2.46. The molecule has 0 saturated carbocycles. The van der Waals surface area contributed by atoms with E-state index in [0.29, 0.717) is 10.5 Å². The van der Waals surface area contributed by atoms with Gasteiger partial charge in [0, 0.05) is 13.1 Å². The van der Waals surface area contributed by atoms with E-state index in [1.54, 1.807) is 0 Å². The van der Waals surface area contributed by atoms with Gasteiger partial charge < -0.3 is 9.80 Å². The van der Waals surface area contributed by atoms with Gasteiger partial charge in [0.15, 0.2) is 0 Å². The van der Waals surface area contributed by atoms with Crippen molar-refractivity contribution in [2.24, 2.45) is 0 Å².